The molecule has 7 nitrogen and oxygen atoms in total. The zero-order valence-corrected chi connectivity index (χ0v) is 12.2. The van der Waals surface area contributed by atoms with Gasteiger partial charge in [-0.1, -0.05) is 13.8 Å². The highest BCUT2D eigenvalue weighted by atomic mass is 16.4. The van der Waals surface area contributed by atoms with Gasteiger partial charge in [0.25, 0.3) is 0 Å². The highest BCUT2D eigenvalue weighted by Crippen LogP contribution is 2.37. The molecule has 2 rings (SSSR count). The summed E-state index contributed by atoms with van der Waals surface area (Å²) >= 11 is 0. The van der Waals surface area contributed by atoms with E-state index in [1.54, 1.807) is 18.5 Å². The lowest BCUT2D eigenvalue weighted by Crippen LogP contribution is -2.40. The molecule has 1 saturated heterocycles. The van der Waals surface area contributed by atoms with E-state index in [1.807, 2.05) is 18.7 Å². The fourth-order valence-corrected chi connectivity index (χ4v) is 2.67. The molecule has 0 saturated carbocycles. The van der Waals surface area contributed by atoms with Crippen molar-refractivity contribution in [2.45, 2.75) is 20.3 Å². The van der Waals surface area contributed by atoms with Crippen LogP contribution in [0.25, 0.3) is 0 Å². The van der Waals surface area contributed by atoms with Gasteiger partial charge in [-0.05, 0) is 24.9 Å². The maximum atomic E-state index is 11.9. The first-order valence-electron chi connectivity index (χ1n) is 6.96. The number of rotatable bonds is 5. The van der Waals surface area contributed by atoms with E-state index >= 15 is 0 Å². The summed E-state index contributed by atoms with van der Waals surface area (Å²) in [5.41, 5.74) is -0.760. The van der Waals surface area contributed by atoms with Crippen molar-refractivity contribution in [3.8, 4) is 0 Å². The van der Waals surface area contributed by atoms with Crippen LogP contribution in [0.5, 0.6) is 0 Å². The summed E-state index contributed by atoms with van der Waals surface area (Å²) in [6, 6.07) is 1.67. The summed E-state index contributed by atoms with van der Waals surface area (Å²) in [7, 11) is 0. The fourth-order valence-electron chi connectivity index (χ4n) is 2.67. The molecule has 0 bridgehead atoms. The highest BCUT2D eigenvalue weighted by molar-refractivity contribution is 5.90. The Labute approximate surface area is 123 Å². The van der Waals surface area contributed by atoms with Crippen molar-refractivity contribution in [3.63, 3.8) is 0 Å². The van der Waals surface area contributed by atoms with Gasteiger partial charge in [0.15, 0.2) is 0 Å². The number of carbonyl (C=O) groups is 2. The molecule has 2 N–H and O–H groups in total. The third-order valence-corrected chi connectivity index (χ3v) is 4.10. The van der Waals surface area contributed by atoms with Gasteiger partial charge in [0.2, 0.25) is 11.9 Å². The predicted molar refractivity (Wildman–Crippen MR) is 76.6 cm³/mol. The van der Waals surface area contributed by atoms with E-state index in [9.17, 15) is 14.7 Å². The molecule has 1 aliphatic rings. The van der Waals surface area contributed by atoms with Gasteiger partial charge in [0.1, 0.15) is 0 Å². The zero-order valence-electron chi connectivity index (χ0n) is 12.2. The Hall–Kier alpha value is -2.02. The van der Waals surface area contributed by atoms with Crippen molar-refractivity contribution in [1.29, 1.82) is 0 Å². The van der Waals surface area contributed by atoms with Crippen molar-refractivity contribution < 1.29 is 14.7 Å². The molecule has 21 heavy (non-hydrogen) atoms. The van der Waals surface area contributed by atoms with Crippen LogP contribution in [0.3, 0.4) is 0 Å². The number of hydrogen-bond donors (Lipinski definition) is 2. The molecule has 114 valence electrons. The normalized spacial score (nSPS) is 22.4. The monoisotopic (exact) mass is 292 g/mol. The van der Waals surface area contributed by atoms with Gasteiger partial charge in [-0.15, -0.1) is 0 Å². The van der Waals surface area contributed by atoms with Gasteiger partial charge in [-0.2, -0.15) is 0 Å². The number of aliphatic carboxylic acids is 1. The molecular weight excluding hydrogens is 272 g/mol. The van der Waals surface area contributed by atoms with Crippen LogP contribution in [0.4, 0.5) is 5.95 Å². The number of carboxylic acids is 1. The third kappa shape index (κ3) is 3.36. The number of amides is 1. The predicted octanol–water partition coefficient (Wildman–Crippen LogP) is 0.848. The summed E-state index contributed by atoms with van der Waals surface area (Å²) < 4.78 is 0. The maximum absolute atomic E-state index is 11.9. The molecule has 1 amide bonds. The Balaban J connectivity index is 1.93. The summed E-state index contributed by atoms with van der Waals surface area (Å²) in [6.45, 7) is 4.97. The molecule has 1 aromatic heterocycles. The van der Waals surface area contributed by atoms with Crippen molar-refractivity contribution in [2.24, 2.45) is 11.3 Å². The van der Waals surface area contributed by atoms with E-state index in [0.717, 1.165) is 0 Å². The number of carbonyl (C=O) groups excluding carboxylic acids is 1. The molecule has 1 aromatic rings. The summed E-state index contributed by atoms with van der Waals surface area (Å²) in [5, 5.41) is 12.1. The molecule has 1 fully saturated rings. The topological polar surface area (TPSA) is 95.4 Å². The first-order chi connectivity index (χ1) is 9.94. The lowest BCUT2D eigenvalue weighted by molar-refractivity contribution is -0.151. The Morgan fingerprint density at radius 2 is 2.10 bits per heavy atom. The number of carboxylic acid groups (broad SMARTS) is 1. The molecule has 0 radical (unpaired) electrons. The third-order valence-electron chi connectivity index (χ3n) is 4.10. The number of nitrogens with one attached hydrogen (secondary N) is 1. The van der Waals surface area contributed by atoms with Crippen LogP contribution in [0.2, 0.25) is 0 Å². The molecule has 0 aliphatic carbocycles. The first kappa shape index (κ1) is 15.4. The summed E-state index contributed by atoms with van der Waals surface area (Å²) in [4.78, 5) is 33.2. The van der Waals surface area contributed by atoms with Crippen LogP contribution in [-0.2, 0) is 9.59 Å². The first-order valence-corrected chi connectivity index (χ1v) is 6.96. The van der Waals surface area contributed by atoms with Gasteiger partial charge in [0, 0.05) is 18.9 Å². The average Bonchev–Trinajstić information content (AvgIpc) is 2.85. The van der Waals surface area contributed by atoms with Crippen molar-refractivity contribution >= 4 is 17.8 Å². The molecular formula is C14H20N4O3. The van der Waals surface area contributed by atoms with Crippen molar-refractivity contribution in [1.82, 2.24) is 14.9 Å². The Bertz CT molecular complexity index is 520. The second-order valence-electron chi connectivity index (χ2n) is 5.70. The van der Waals surface area contributed by atoms with Gasteiger partial charge >= 0.3 is 5.97 Å². The summed E-state index contributed by atoms with van der Waals surface area (Å²) in [6.07, 6.45) is 3.66. The van der Waals surface area contributed by atoms with Gasteiger partial charge < -0.3 is 5.11 Å². The standard InChI is InChI=1S/C14H20N4O3/c1-10(2)14(12(20)21)4-7-18(9-14)8-11(19)17-13-15-5-3-6-16-13/h3,5-6,10H,4,7-9H2,1-2H3,(H,20,21)(H,15,16,17,19). The van der Waals surface area contributed by atoms with E-state index in [-0.39, 0.29) is 24.3 Å². The summed E-state index contributed by atoms with van der Waals surface area (Å²) in [5.74, 6) is -0.728. The van der Waals surface area contributed by atoms with Crippen LogP contribution in [0, 0.1) is 11.3 Å². The Morgan fingerprint density at radius 1 is 1.43 bits per heavy atom. The second-order valence-corrected chi connectivity index (χ2v) is 5.70. The van der Waals surface area contributed by atoms with E-state index in [4.69, 9.17) is 0 Å². The van der Waals surface area contributed by atoms with Crippen molar-refractivity contribution in [2.75, 3.05) is 25.0 Å². The SMILES string of the molecule is CC(C)C1(C(=O)O)CCN(CC(=O)Nc2ncccn2)C1. The van der Waals surface area contributed by atoms with Crippen LogP contribution >= 0.6 is 0 Å². The van der Waals surface area contributed by atoms with Crippen LogP contribution in [0.15, 0.2) is 18.5 Å². The lowest BCUT2D eigenvalue weighted by atomic mass is 9.76. The van der Waals surface area contributed by atoms with E-state index < -0.39 is 11.4 Å². The van der Waals surface area contributed by atoms with Gasteiger partial charge in [0.05, 0.1) is 12.0 Å². The largest absolute Gasteiger partial charge is 0.481 e. The average molecular weight is 292 g/mol. The van der Waals surface area contributed by atoms with E-state index in [2.05, 4.69) is 15.3 Å². The van der Waals surface area contributed by atoms with Crippen LogP contribution < -0.4 is 5.32 Å². The molecule has 0 aromatic carbocycles. The number of aromatic nitrogens is 2. The van der Waals surface area contributed by atoms with E-state index in [1.165, 1.54) is 0 Å². The minimum Gasteiger partial charge on any atom is -0.481 e. The number of likely N-dealkylation sites (tertiary alicyclic amines) is 1. The highest BCUT2D eigenvalue weighted by Gasteiger charge is 2.47. The van der Waals surface area contributed by atoms with Crippen LogP contribution in [-0.4, -0.2) is 51.5 Å². The maximum Gasteiger partial charge on any atom is 0.311 e. The van der Waals surface area contributed by atoms with Gasteiger partial charge in [-0.25, -0.2) is 9.97 Å². The zero-order chi connectivity index (χ0) is 15.5. The molecule has 0 spiro atoms. The van der Waals surface area contributed by atoms with Gasteiger partial charge in [-0.3, -0.25) is 19.8 Å². The number of anilines is 1. The minimum absolute atomic E-state index is 0.0283. The fraction of sp³-hybridized carbons (Fsp3) is 0.571. The number of nitrogens with zero attached hydrogens (tertiary/aromatic N) is 3. The molecule has 1 unspecified atom stereocenters. The Morgan fingerprint density at radius 3 is 2.62 bits per heavy atom. The van der Waals surface area contributed by atoms with Crippen LogP contribution in [0.1, 0.15) is 20.3 Å². The second kappa shape index (κ2) is 6.17. The smallest absolute Gasteiger partial charge is 0.311 e. The molecule has 7 heteroatoms. The number of hydrogen-bond acceptors (Lipinski definition) is 5. The lowest BCUT2D eigenvalue weighted by Gasteiger charge is -2.28. The molecule has 1 aliphatic heterocycles. The Kier molecular flexibility index (Phi) is 4.52. The quantitative estimate of drug-likeness (QED) is 0.835. The molecule has 1 atom stereocenters. The minimum atomic E-state index is -0.785. The van der Waals surface area contributed by atoms with Crippen molar-refractivity contribution in [3.05, 3.63) is 18.5 Å². The van der Waals surface area contributed by atoms with E-state index in [0.29, 0.717) is 19.5 Å². The molecule has 2 heterocycles.